The van der Waals surface area contributed by atoms with Gasteiger partial charge in [-0.2, -0.15) is 0 Å². The van der Waals surface area contributed by atoms with Gasteiger partial charge in [-0.3, -0.25) is 0 Å². The van der Waals surface area contributed by atoms with Crippen LogP contribution in [0.15, 0.2) is 21.2 Å². The molecule has 1 heterocycles. The minimum atomic E-state index is -0.200. The molecule has 0 radical (unpaired) electrons. The molecule has 2 atom stereocenters. The van der Waals surface area contributed by atoms with E-state index in [1.165, 1.54) is 0 Å². The Morgan fingerprint density at radius 3 is 2.73 bits per heavy atom. The summed E-state index contributed by atoms with van der Waals surface area (Å²) in [7, 11) is 0. The van der Waals surface area contributed by atoms with Crippen LogP contribution in [0.4, 0.5) is 0 Å². The zero-order chi connectivity index (χ0) is 11.3. The molecule has 0 aliphatic carbocycles. The van der Waals surface area contributed by atoms with Gasteiger partial charge in [0.15, 0.2) is 0 Å². The van der Waals surface area contributed by atoms with Crippen LogP contribution < -0.4 is 5.73 Å². The number of halogens is 1. The van der Waals surface area contributed by atoms with Gasteiger partial charge in [0.05, 0.1) is 22.9 Å². The second-order valence-electron chi connectivity index (χ2n) is 3.44. The molecule has 1 aromatic heterocycles. The third kappa shape index (κ3) is 3.33. The molecule has 3 nitrogen and oxygen atoms in total. The first-order valence-corrected chi connectivity index (χ1v) is 6.10. The molecule has 0 aromatic carbocycles. The molecule has 0 saturated heterocycles. The van der Waals surface area contributed by atoms with Gasteiger partial charge in [0, 0.05) is 6.61 Å². The standard InChI is InChI=1S/C11H18BrNO2/c1-3-5-9(14-4-2)10(13)11-8(12)6-7-15-11/h6-7,9-10H,3-5,13H2,1-2H3. The first-order valence-electron chi connectivity index (χ1n) is 5.30. The average Bonchev–Trinajstić information content (AvgIpc) is 2.63. The van der Waals surface area contributed by atoms with Crippen molar-refractivity contribution in [1.82, 2.24) is 0 Å². The highest BCUT2D eigenvalue weighted by Crippen LogP contribution is 2.27. The molecule has 2 N–H and O–H groups in total. The van der Waals surface area contributed by atoms with Gasteiger partial charge in [0.25, 0.3) is 0 Å². The van der Waals surface area contributed by atoms with E-state index in [1.807, 2.05) is 13.0 Å². The predicted octanol–water partition coefficient (Wildman–Crippen LogP) is 3.25. The van der Waals surface area contributed by atoms with Crippen LogP contribution in [0.3, 0.4) is 0 Å². The Balaban J connectivity index is 2.71. The van der Waals surface area contributed by atoms with Crippen molar-refractivity contribution >= 4 is 15.9 Å². The third-order valence-electron chi connectivity index (χ3n) is 2.30. The number of hydrogen-bond donors (Lipinski definition) is 1. The summed E-state index contributed by atoms with van der Waals surface area (Å²) in [4.78, 5) is 0. The van der Waals surface area contributed by atoms with E-state index in [-0.39, 0.29) is 12.1 Å². The molecule has 0 saturated carbocycles. The molecule has 0 aliphatic rings. The van der Waals surface area contributed by atoms with Crippen molar-refractivity contribution in [3.8, 4) is 0 Å². The lowest BCUT2D eigenvalue weighted by Gasteiger charge is -2.22. The van der Waals surface area contributed by atoms with Crippen molar-refractivity contribution in [2.45, 2.75) is 38.8 Å². The summed E-state index contributed by atoms with van der Waals surface area (Å²) in [6, 6.07) is 1.65. The van der Waals surface area contributed by atoms with E-state index in [2.05, 4.69) is 22.9 Å². The number of ether oxygens (including phenoxy) is 1. The lowest BCUT2D eigenvalue weighted by atomic mass is 10.0. The summed E-state index contributed by atoms with van der Waals surface area (Å²) in [5.74, 6) is 0.766. The molecule has 0 bridgehead atoms. The molecular weight excluding hydrogens is 258 g/mol. The molecule has 2 unspecified atom stereocenters. The van der Waals surface area contributed by atoms with E-state index in [0.717, 1.165) is 23.1 Å². The largest absolute Gasteiger partial charge is 0.466 e. The van der Waals surface area contributed by atoms with Crippen LogP contribution in [0.5, 0.6) is 0 Å². The van der Waals surface area contributed by atoms with Crippen molar-refractivity contribution in [3.63, 3.8) is 0 Å². The van der Waals surface area contributed by atoms with Crippen LogP contribution in [0.2, 0.25) is 0 Å². The van der Waals surface area contributed by atoms with Gasteiger partial charge in [0.2, 0.25) is 0 Å². The summed E-state index contributed by atoms with van der Waals surface area (Å²) in [5, 5.41) is 0. The molecule has 15 heavy (non-hydrogen) atoms. The summed E-state index contributed by atoms with van der Waals surface area (Å²) in [5.41, 5.74) is 6.11. The minimum Gasteiger partial charge on any atom is -0.466 e. The maximum absolute atomic E-state index is 6.11. The van der Waals surface area contributed by atoms with Gasteiger partial charge >= 0.3 is 0 Å². The Hall–Kier alpha value is -0.320. The summed E-state index contributed by atoms with van der Waals surface area (Å²) in [6.07, 6.45) is 3.66. The summed E-state index contributed by atoms with van der Waals surface area (Å²) >= 11 is 3.41. The van der Waals surface area contributed by atoms with Gasteiger partial charge in [-0.15, -0.1) is 0 Å². The van der Waals surface area contributed by atoms with Gasteiger partial charge in [-0.25, -0.2) is 0 Å². The van der Waals surface area contributed by atoms with E-state index >= 15 is 0 Å². The molecule has 0 spiro atoms. The zero-order valence-electron chi connectivity index (χ0n) is 9.20. The van der Waals surface area contributed by atoms with E-state index in [1.54, 1.807) is 6.26 Å². The highest BCUT2D eigenvalue weighted by Gasteiger charge is 2.23. The van der Waals surface area contributed by atoms with Crippen LogP contribution >= 0.6 is 15.9 Å². The number of nitrogens with two attached hydrogens (primary N) is 1. The van der Waals surface area contributed by atoms with Crippen molar-refractivity contribution in [2.24, 2.45) is 5.73 Å². The van der Waals surface area contributed by atoms with Crippen molar-refractivity contribution in [2.75, 3.05) is 6.61 Å². The molecule has 0 aliphatic heterocycles. The molecule has 86 valence electrons. The molecule has 0 fully saturated rings. The first-order chi connectivity index (χ1) is 7.20. The smallest absolute Gasteiger partial charge is 0.137 e. The van der Waals surface area contributed by atoms with E-state index in [0.29, 0.717) is 6.61 Å². The molecule has 4 heteroatoms. The molecular formula is C11H18BrNO2. The van der Waals surface area contributed by atoms with Gasteiger partial charge in [0.1, 0.15) is 5.76 Å². The zero-order valence-corrected chi connectivity index (χ0v) is 10.8. The fourth-order valence-electron chi connectivity index (χ4n) is 1.58. The fraction of sp³-hybridized carbons (Fsp3) is 0.636. The Kier molecular flexibility index (Phi) is 5.36. The Bertz CT molecular complexity index is 282. The number of hydrogen-bond acceptors (Lipinski definition) is 3. The number of furan rings is 1. The van der Waals surface area contributed by atoms with Crippen molar-refractivity contribution in [3.05, 3.63) is 22.6 Å². The van der Waals surface area contributed by atoms with Crippen LogP contribution in [0, 0.1) is 0 Å². The fourth-order valence-corrected chi connectivity index (χ4v) is 2.04. The van der Waals surface area contributed by atoms with Crippen LogP contribution in [0.25, 0.3) is 0 Å². The molecule has 1 aromatic rings. The lowest BCUT2D eigenvalue weighted by Crippen LogP contribution is -2.29. The SMILES string of the molecule is CCCC(OCC)C(N)c1occc1Br. The minimum absolute atomic E-state index is 0.0300. The second-order valence-corrected chi connectivity index (χ2v) is 4.30. The highest BCUT2D eigenvalue weighted by molar-refractivity contribution is 9.10. The summed E-state index contributed by atoms with van der Waals surface area (Å²) in [6.45, 7) is 4.78. The molecule has 0 amide bonds. The highest BCUT2D eigenvalue weighted by atomic mass is 79.9. The topological polar surface area (TPSA) is 48.4 Å². The maximum Gasteiger partial charge on any atom is 0.137 e. The Morgan fingerprint density at radius 1 is 1.53 bits per heavy atom. The second kappa shape index (κ2) is 6.30. The lowest BCUT2D eigenvalue weighted by molar-refractivity contribution is 0.0323. The first kappa shape index (κ1) is 12.7. The predicted molar refractivity (Wildman–Crippen MR) is 63.7 cm³/mol. The number of rotatable bonds is 6. The summed E-state index contributed by atoms with van der Waals surface area (Å²) < 4.78 is 11.9. The molecule has 1 rings (SSSR count). The van der Waals surface area contributed by atoms with E-state index in [4.69, 9.17) is 14.9 Å². The van der Waals surface area contributed by atoms with Gasteiger partial charge in [-0.05, 0) is 35.3 Å². The van der Waals surface area contributed by atoms with Crippen molar-refractivity contribution < 1.29 is 9.15 Å². The van der Waals surface area contributed by atoms with Crippen LogP contribution in [0.1, 0.15) is 38.5 Å². The quantitative estimate of drug-likeness (QED) is 0.867. The van der Waals surface area contributed by atoms with Gasteiger partial charge in [-0.1, -0.05) is 13.3 Å². The maximum atomic E-state index is 6.11. The Labute approximate surface area is 99.1 Å². The van der Waals surface area contributed by atoms with E-state index in [9.17, 15) is 0 Å². The van der Waals surface area contributed by atoms with Crippen molar-refractivity contribution in [1.29, 1.82) is 0 Å². The average molecular weight is 276 g/mol. The third-order valence-corrected chi connectivity index (χ3v) is 2.96. The van der Waals surface area contributed by atoms with Crippen LogP contribution in [-0.4, -0.2) is 12.7 Å². The van der Waals surface area contributed by atoms with Crippen LogP contribution in [-0.2, 0) is 4.74 Å². The Morgan fingerprint density at radius 2 is 2.27 bits per heavy atom. The normalized spacial score (nSPS) is 15.2. The van der Waals surface area contributed by atoms with E-state index < -0.39 is 0 Å². The van der Waals surface area contributed by atoms with Gasteiger partial charge < -0.3 is 14.9 Å². The monoisotopic (exact) mass is 275 g/mol.